The van der Waals surface area contributed by atoms with Gasteiger partial charge < -0.3 is 4.74 Å². The minimum absolute atomic E-state index is 0.784. The fourth-order valence-electron chi connectivity index (χ4n) is 7.55. The quantitative estimate of drug-likeness (QED) is 0.359. The Bertz CT molecular complexity index is 626. The first-order valence-corrected chi connectivity index (χ1v) is 13.9. The summed E-state index contributed by atoms with van der Waals surface area (Å²) in [6.45, 7) is 2.32. The third-order valence-corrected chi connectivity index (χ3v) is 9.50. The highest BCUT2D eigenvalue weighted by atomic mass is 16.5. The van der Waals surface area contributed by atoms with Gasteiger partial charge in [-0.1, -0.05) is 64.0 Å². The van der Waals surface area contributed by atoms with Gasteiger partial charge in [-0.3, -0.25) is 0 Å². The van der Waals surface area contributed by atoms with E-state index in [2.05, 4.69) is 31.2 Å². The Hall–Kier alpha value is -0.980. The van der Waals surface area contributed by atoms with Gasteiger partial charge >= 0.3 is 0 Å². The van der Waals surface area contributed by atoms with E-state index >= 15 is 0 Å². The molecule has 0 amide bonds. The van der Waals surface area contributed by atoms with Gasteiger partial charge in [-0.15, -0.1) is 0 Å². The van der Waals surface area contributed by atoms with Crippen molar-refractivity contribution >= 4 is 0 Å². The average Bonchev–Trinajstić information content (AvgIpc) is 2.84. The molecule has 3 fully saturated rings. The lowest BCUT2D eigenvalue weighted by molar-refractivity contribution is 0.0613. The van der Waals surface area contributed by atoms with Crippen LogP contribution in [0.5, 0.6) is 5.75 Å². The molecule has 3 aliphatic carbocycles. The normalized spacial score (nSPS) is 33.6. The van der Waals surface area contributed by atoms with Crippen LogP contribution in [-0.2, 0) is 0 Å². The summed E-state index contributed by atoms with van der Waals surface area (Å²) < 4.78 is 5.34. The van der Waals surface area contributed by atoms with Crippen molar-refractivity contribution < 1.29 is 4.74 Å². The summed E-state index contributed by atoms with van der Waals surface area (Å²) in [7, 11) is 1.76. The molecule has 0 aromatic heterocycles. The SMILES string of the molecule is CCCCCCCC1CCC2CC(C3CCC(c4ccc(OC)cc4)CC3)CCC2C1. The summed E-state index contributed by atoms with van der Waals surface area (Å²) in [5, 5.41) is 0. The Balaban J connectivity index is 1.18. The van der Waals surface area contributed by atoms with Gasteiger partial charge in [-0.2, -0.15) is 0 Å². The number of ether oxygens (including phenoxy) is 1. The molecule has 1 heteroatoms. The van der Waals surface area contributed by atoms with E-state index in [1.165, 1.54) is 69.8 Å². The van der Waals surface area contributed by atoms with Crippen LogP contribution in [-0.4, -0.2) is 7.11 Å². The minimum atomic E-state index is 0.784. The molecule has 0 heterocycles. The molecule has 3 saturated carbocycles. The molecule has 1 aromatic carbocycles. The Morgan fingerprint density at radius 1 is 0.677 bits per heavy atom. The monoisotopic (exact) mass is 424 g/mol. The van der Waals surface area contributed by atoms with Gasteiger partial charge in [-0.05, 0) is 111 Å². The standard InChI is InChI=1S/C30H48O/c1-3-4-5-6-7-8-23-9-10-29-22-28(16-15-27(29)21-23)26-13-11-24(12-14-26)25-17-19-30(31-2)20-18-25/h17-20,23-24,26-29H,3-16,21-22H2,1-2H3. The lowest BCUT2D eigenvalue weighted by atomic mass is 9.60. The maximum Gasteiger partial charge on any atom is 0.118 e. The van der Waals surface area contributed by atoms with Gasteiger partial charge in [0.15, 0.2) is 0 Å². The molecule has 0 saturated heterocycles. The molecule has 0 aliphatic heterocycles. The zero-order valence-electron chi connectivity index (χ0n) is 20.5. The van der Waals surface area contributed by atoms with Gasteiger partial charge in [0.25, 0.3) is 0 Å². The second-order valence-electron chi connectivity index (χ2n) is 11.4. The number of hydrogen-bond donors (Lipinski definition) is 0. The minimum Gasteiger partial charge on any atom is -0.497 e. The van der Waals surface area contributed by atoms with Crippen molar-refractivity contribution in [3.05, 3.63) is 29.8 Å². The molecular weight excluding hydrogens is 376 g/mol. The number of rotatable bonds is 9. The molecule has 174 valence electrons. The predicted octanol–water partition coefficient (Wildman–Crippen LogP) is 9.16. The van der Waals surface area contributed by atoms with Crippen molar-refractivity contribution in [1.82, 2.24) is 0 Å². The molecular formula is C30H48O. The number of benzene rings is 1. The number of hydrogen-bond acceptors (Lipinski definition) is 1. The smallest absolute Gasteiger partial charge is 0.118 e. The van der Waals surface area contributed by atoms with Crippen LogP contribution in [0.15, 0.2) is 24.3 Å². The fourth-order valence-corrected chi connectivity index (χ4v) is 7.55. The summed E-state index contributed by atoms with van der Waals surface area (Å²) >= 11 is 0. The van der Waals surface area contributed by atoms with Crippen molar-refractivity contribution in [2.45, 2.75) is 116 Å². The molecule has 31 heavy (non-hydrogen) atoms. The van der Waals surface area contributed by atoms with E-state index in [4.69, 9.17) is 4.74 Å². The molecule has 4 rings (SSSR count). The van der Waals surface area contributed by atoms with E-state index < -0.39 is 0 Å². The first-order chi connectivity index (χ1) is 15.3. The van der Waals surface area contributed by atoms with E-state index in [0.717, 1.165) is 41.3 Å². The highest BCUT2D eigenvalue weighted by molar-refractivity contribution is 5.29. The summed E-state index contributed by atoms with van der Waals surface area (Å²) in [5.41, 5.74) is 1.54. The third-order valence-electron chi connectivity index (χ3n) is 9.50. The first-order valence-electron chi connectivity index (χ1n) is 13.9. The Morgan fingerprint density at radius 2 is 1.29 bits per heavy atom. The molecule has 0 radical (unpaired) electrons. The number of unbranched alkanes of at least 4 members (excludes halogenated alkanes) is 4. The fraction of sp³-hybridized carbons (Fsp3) is 0.800. The largest absolute Gasteiger partial charge is 0.497 e. The van der Waals surface area contributed by atoms with Crippen molar-refractivity contribution in [3.8, 4) is 5.75 Å². The van der Waals surface area contributed by atoms with Crippen LogP contribution in [0.25, 0.3) is 0 Å². The van der Waals surface area contributed by atoms with Crippen LogP contribution in [0.4, 0.5) is 0 Å². The second-order valence-corrected chi connectivity index (χ2v) is 11.4. The average molecular weight is 425 g/mol. The van der Waals surface area contributed by atoms with Crippen molar-refractivity contribution in [2.24, 2.45) is 29.6 Å². The zero-order valence-corrected chi connectivity index (χ0v) is 20.5. The van der Waals surface area contributed by atoms with Crippen LogP contribution in [0.1, 0.15) is 121 Å². The van der Waals surface area contributed by atoms with E-state index in [1.54, 1.807) is 45.6 Å². The first kappa shape index (κ1) is 23.2. The lowest BCUT2D eigenvalue weighted by Crippen LogP contribution is -2.34. The molecule has 3 aliphatic rings. The molecule has 1 nitrogen and oxygen atoms in total. The lowest BCUT2D eigenvalue weighted by Gasteiger charge is -2.45. The van der Waals surface area contributed by atoms with E-state index in [0.29, 0.717) is 0 Å². The van der Waals surface area contributed by atoms with E-state index in [-0.39, 0.29) is 0 Å². The summed E-state index contributed by atoms with van der Waals surface area (Å²) in [5.74, 6) is 7.07. The van der Waals surface area contributed by atoms with Gasteiger partial charge in [0.1, 0.15) is 5.75 Å². The Morgan fingerprint density at radius 3 is 2.00 bits per heavy atom. The number of methoxy groups -OCH3 is 1. The third kappa shape index (κ3) is 6.29. The van der Waals surface area contributed by atoms with Gasteiger partial charge in [-0.25, -0.2) is 0 Å². The van der Waals surface area contributed by atoms with E-state index in [9.17, 15) is 0 Å². The van der Waals surface area contributed by atoms with Crippen LogP contribution in [0.2, 0.25) is 0 Å². The van der Waals surface area contributed by atoms with E-state index in [1.807, 2.05) is 0 Å². The predicted molar refractivity (Wildman–Crippen MR) is 133 cm³/mol. The molecule has 0 spiro atoms. The molecule has 0 N–H and O–H groups in total. The summed E-state index contributed by atoms with van der Waals surface area (Å²) in [4.78, 5) is 0. The zero-order chi connectivity index (χ0) is 21.5. The van der Waals surface area contributed by atoms with Gasteiger partial charge in [0.2, 0.25) is 0 Å². The Kier molecular flexibility index (Phi) is 8.79. The maximum absolute atomic E-state index is 5.34. The van der Waals surface area contributed by atoms with Crippen LogP contribution in [0, 0.1) is 29.6 Å². The summed E-state index contributed by atoms with van der Waals surface area (Å²) in [6.07, 6.45) is 23.9. The van der Waals surface area contributed by atoms with Crippen LogP contribution < -0.4 is 4.74 Å². The van der Waals surface area contributed by atoms with Crippen molar-refractivity contribution in [2.75, 3.05) is 7.11 Å². The molecule has 1 aromatic rings. The van der Waals surface area contributed by atoms with Crippen molar-refractivity contribution in [3.63, 3.8) is 0 Å². The Labute approximate surface area is 192 Å². The number of fused-ring (bicyclic) bond motifs is 1. The van der Waals surface area contributed by atoms with Gasteiger partial charge in [0, 0.05) is 0 Å². The highest BCUT2D eigenvalue weighted by Crippen LogP contribution is 2.50. The highest BCUT2D eigenvalue weighted by Gasteiger charge is 2.38. The molecule has 4 unspecified atom stereocenters. The summed E-state index contributed by atoms with van der Waals surface area (Å²) in [6, 6.07) is 8.89. The van der Waals surface area contributed by atoms with Crippen molar-refractivity contribution in [1.29, 1.82) is 0 Å². The molecule has 0 bridgehead atoms. The van der Waals surface area contributed by atoms with Crippen LogP contribution >= 0.6 is 0 Å². The molecule has 4 atom stereocenters. The topological polar surface area (TPSA) is 9.23 Å². The van der Waals surface area contributed by atoms with Gasteiger partial charge in [0.05, 0.1) is 7.11 Å². The maximum atomic E-state index is 5.34. The second kappa shape index (κ2) is 11.8. The van der Waals surface area contributed by atoms with Crippen LogP contribution in [0.3, 0.4) is 0 Å².